The second-order valence-electron chi connectivity index (χ2n) is 6.57. The maximum Gasteiger partial charge on any atom is 0.215 e. The van der Waals surface area contributed by atoms with Crippen molar-refractivity contribution in [2.75, 3.05) is 25.5 Å². The Kier molecular flexibility index (Phi) is 4.57. The Morgan fingerprint density at radius 3 is 2.82 bits per heavy atom. The van der Waals surface area contributed by atoms with E-state index in [1.807, 2.05) is 6.07 Å². The average molecular weight is 323 g/mol. The molecule has 2 saturated heterocycles. The second-order valence-corrected chi connectivity index (χ2v) is 8.53. The molecule has 2 aliphatic rings. The van der Waals surface area contributed by atoms with Crippen LogP contribution in [0.4, 0.5) is 0 Å². The van der Waals surface area contributed by atoms with Crippen LogP contribution in [0.25, 0.3) is 0 Å². The number of hydrogen-bond acceptors (Lipinski definition) is 3. The molecule has 0 radical (unpaired) electrons. The summed E-state index contributed by atoms with van der Waals surface area (Å²) in [5.74, 6) is 0.388. The first-order valence-corrected chi connectivity index (χ1v) is 9.73. The molecule has 0 spiro atoms. The SMILES string of the molecule is Cc1cccc([C@@H]2CCCN2S(=O)(=O)C[C@H]2CCOC2)c1C. The molecule has 1 aromatic rings. The second kappa shape index (κ2) is 6.30. The summed E-state index contributed by atoms with van der Waals surface area (Å²) in [6.45, 7) is 6.11. The van der Waals surface area contributed by atoms with E-state index >= 15 is 0 Å². The Labute approximate surface area is 133 Å². The highest BCUT2D eigenvalue weighted by Gasteiger charge is 2.37. The molecule has 0 bridgehead atoms. The van der Waals surface area contributed by atoms with Crippen LogP contribution in [0.1, 0.15) is 42.0 Å². The van der Waals surface area contributed by atoms with Crippen molar-refractivity contribution < 1.29 is 13.2 Å². The van der Waals surface area contributed by atoms with Gasteiger partial charge in [0.05, 0.1) is 18.4 Å². The molecule has 0 amide bonds. The first-order chi connectivity index (χ1) is 10.5. The van der Waals surface area contributed by atoms with E-state index in [1.165, 1.54) is 16.7 Å². The van der Waals surface area contributed by atoms with Crippen molar-refractivity contribution in [3.63, 3.8) is 0 Å². The van der Waals surface area contributed by atoms with Crippen LogP contribution in [0.5, 0.6) is 0 Å². The van der Waals surface area contributed by atoms with Crippen LogP contribution in [-0.2, 0) is 14.8 Å². The number of benzene rings is 1. The van der Waals surface area contributed by atoms with Crippen molar-refractivity contribution in [3.8, 4) is 0 Å². The molecule has 0 unspecified atom stereocenters. The molecule has 3 rings (SSSR count). The van der Waals surface area contributed by atoms with E-state index in [1.54, 1.807) is 4.31 Å². The van der Waals surface area contributed by atoms with Gasteiger partial charge in [0, 0.05) is 13.2 Å². The minimum Gasteiger partial charge on any atom is -0.381 e. The van der Waals surface area contributed by atoms with Gasteiger partial charge in [-0.05, 0) is 55.7 Å². The lowest BCUT2D eigenvalue weighted by molar-refractivity contribution is 0.188. The van der Waals surface area contributed by atoms with Crippen molar-refractivity contribution in [1.29, 1.82) is 0 Å². The number of ether oxygens (including phenoxy) is 1. The van der Waals surface area contributed by atoms with E-state index in [0.29, 0.717) is 19.8 Å². The first kappa shape index (κ1) is 16.0. The van der Waals surface area contributed by atoms with E-state index in [9.17, 15) is 8.42 Å². The fourth-order valence-electron chi connectivity index (χ4n) is 3.63. The summed E-state index contributed by atoms with van der Waals surface area (Å²) in [6, 6.07) is 6.21. The highest BCUT2D eigenvalue weighted by molar-refractivity contribution is 7.89. The monoisotopic (exact) mass is 323 g/mol. The van der Waals surface area contributed by atoms with Gasteiger partial charge < -0.3 is 4.74 Å². The highest BCUT2D eigenvalue weighted by Crippen LogP contribution is 2.37. The van der Waals surface area contributed by atoms with E-state index in [4.69, 9.17) is 4.74 Å². The molecule has 2 atom stereocenters. The fourth-order valence-corrected chi connectivity index (χ4v) is 5.69. The third-order valence-electron chi connectivity index (χ3n) is 5.04. The number of nitrogens with zero attached hydrogens (tertiary/aromatic N) is 1. The molecule has 2 fully saturated rings. The van der Waals surface area contributed by atoms with Gasteiger partial charge >= 0.3 is 0 Å². The van der Waals surface area contributed by atoms with Crippen molar-refractivity contribution in [2.24, 2.45) is 5.92 Å². The summed E-state index contributed by atoms with van der Waals surface area (Å²) in [5.41, 5.74) is 3.62. The van der Waals surface area contributed by atoms with Crippen molar-refractivity contribution in [1.82, 2.24) is 4.31 Å². The minimum absolute atomic E-state index is 0.00669. The Bertz CT molecular complexity index is 635. The van der Waals surface area contributed by atoms with Gasteiger partial charge in [-0.3, -0.25) is 0 Å². The van der Waals surface area contributed by atoms with Gasteiger partial charge in [0.25, 0.3) is 0 Å². The third-order valence-corrected chi connectivity index (χ3v) is 7.08. The van der Waals surface area contributed by atoms with Crippen LogP contribution in [0.3, 0.4) is 0 Å². The largest absolute Gasteiger partial charge is 0.381 e. The molecule has 22 heavy (non-hydrogen) atoms. The average Bonchev–Trinajstić information content (AvgIpc) is 3.12. The van der Waals surface area contributed by atoms with E-state index < -0.39 is 10.0 Å². The molecule has 4 nitrogen and oxygen atoms in total. The molecule has 122 valence electrons. The highest BCUT2D eigenvalue weighted by atomic mass is 32.2. The van der Waals surface area contributed by atoms with Crippen LogP contribution in [0, 0.1) is 19.8 Å². The number of aryl methyl sites for hydroxylation is 1. The Balaban J connectivity index is 1.84. The van der Waals surface area contributed by atoms with Crippen LogP contribution in [0.15, 0.2) is 18.2 Å². The maximum absolute atomic E-state index is 12.8. The van der Waals surface area contributed by atoms with Gasteiger partial charge in [0.2, 0.25) is 10.0 Å². The Morgan fingerprint density at radius 2 is 2.09 bits per heavy atom. The summed E-state index contributed by atoms with van der Waals surface area (Å²) in [5, 5.41) is 0. The lowest BCUT2D eigenvalue weighted by Gasteiger charge is -2.27. The van der Waals surface area contributed by atoms with Gasteiger partial charge in [-0.15, -0.1) is 0 Å². The molecule has 2 heterocycles. The lowest BCUT2D eigenvalue weighted by Crippen LogP contribution is -2.35. The van der Waals surface area contributed by atoms with E-state index in [2.05, 4.69) is 26.0 Å². The molecule has 0 aromatic heterocycles. The number of rotatable bonds is 4. The molecule has 1 aromatic carbocycles. The van der Waals surface area contributed by atoms with Crippen LogP contribution in [-0.4, -0.2) is 38.2 Å². The summed E-state index contributed by atoms with van der Waals surface area (Å²) in [7, 11) is -3.22. The van der Waals surface area contributed by atoms with E-state index in [0.717, 1.165) is 19.3 Å². The molecule has 0 aliphatic carbocycles. The fraction of sp³-hybridized carbons (Fsp3) is 0.647. The zero-order chi connectivity index (χ0) is 15.7. The van der Waals surface area contributed by atoms with Crippen molar-refractivity contribution >= 4 is 10.0 Å². The molecule has 5 heteroatoms. The summed E-state index contributed by atoms with van der Waals surface area (Å²) in [6.07, 6.45) is 2.73. The lowest BCUT2D eigenvalue weighted by atomic mass is 9.97. The first-order valence-electron chi connectivity index (χ1n) is 8.12. The third kappa shape index (κ3) is 3.07. The predicted octanol–water partition coefficient (Wildman–Crippen LogP) is 2.81. The molecular formula is C17H25NO3S. The van der Waals surface area contributed by atoms with Crippen LogP contribution < -0.4 is 0 Å². The maximum atomic E-state index is 12.8. The molecule has 0 N–H and O–H groups in total. The zero-order valence-corrected chi connectivity index (χ0v) is 14.2. The van der Waals surface area contributed by atoms with Crippen molar-refractivity contribution in [2.45, 2.75) is 39.2 Å². The standard InChI is InChI=1S/C17H25NO3S/c1-13-5-3-6-16(14(13)2)17-7-4-9-18(17)22(19,20)12-15-8-10-21-11-15/h3,5-6,15,17H,4,7-12H2,1-2H3/t15-,17-/m0/s1. The summed E-state index contributed by atoms with van der Waals surface area (Å²) in [4.78, 5) is 0. The molecule has 2 aliphatic heterocycles. The van der Waals surface area contributed by atoms with Gasteiger partial charge in [0.1, 0.15) is 0 Å². The van der Waals surface area contributed by atoms with Gasteiger partial charge in [-0.2, -0.15) is 4.31 Å². The Hall–Kier alpha value is -0.910. The van der Waals surface area contributed by atoms with Gasteiger partial charge in [-0.1, -0.05) is 18.2 Å². The van der Waals surface area contributed by atoms with Crippen LogP contribution in [0.2, 0.25) is 0 Å². The Morgan fingerprint density at radius 1 is 1.27 bits per heavy atom. The van der Waals surface area contributed by atoms with Gasteiger partial charge in [0.15, 0.2) is 0 Å². The smallest absolute Gasteiger partial charge is 0.215 e. The quantitative estimate of drug-likeness (QED) is 0.856. The predicted molar refractivity (Wildman–Crippen MR) is 87.3 cm³/mol. The van der Waals surface area contributed by atoms with E-state index in [-0.39, 0.29) is 17.7 Å². The number of sulfonamides is 1. The van der Waals surface area contributed by atoms with Gasteiger partial charge in [-0.25, -0.2) is 8.42 Å². The molecular weight excluding hydrogens is 298 g/mol. The van der Waals surface area contributed by atoms with Crippen LogP contribution >= 0.6 is 0 Å². The molecule has 0 saturated carbocycles. The topological polar surface area (TPSA) is 46.6 Å². The normalized spacial score (nSPS) is 26.6. The van der Waals surface area contributed by atoms with Crippen molar-refractivity contribution in [3.05, 3.63) is 34.9 Å². The zero-order valence-electron chi connectivity index (χ0n) is 13.4. The minimum atomic E-state index is -3.22. The summed E-state index contributed by atoms with van der Waals surface area (Å²) < 4.78 is 32.8. The summed E-state index contributed by atoms with van der Waals surface area (Å²) >= 11 is 0. The number of hydrogen-bond donors (Lipinski definition) is 0.